The van der Waals surface area contributed by atoms with Crippen LogP contribution in [-0.2, 0) is 10.0 Å². The molecule has 1 saturated heterocycles. The van der Waals surface area contributed by atoms with Crippen molar-refractivity contribution >= 4 is 33.7 Å². The molecule has 1 fully saturated rings. The molecule has 114 valence electrons. The predicted octanol–water partition coefficient (Wildman–Crippen LogP) is 2.84. The van der Waals surface area contributed by atoms with Crippen LogP contribution in [0, 0.1) is 0 Å². The lowest BCUT2D eigenvalue weighted by atomic mass is 10.1. The van der Waals surface area contributed by atoms with Gasteiger partial charge >= 0.3 is 6.03 Å². The molecule has 0 aliphatic carbocycles. The maximum atomic E-state index is 11.9. The van der Waals surface area contributed by atoms with Gasteiger partial charge in [0.2, 0.25) is 0 Å². The number of rotatable bonds is 3. The minimum atomic E-state index is -3.81. The van der Waals surface area contributed by atoms with E-state index in [1.807, 2.05) is 0 Å². The monoisotopic (exact) mass is 328 g/mol. The van der Waals surface area contributed by atoms with Crippen LogP contribution in [0.2, 0.25) is 5.02 Å². The third-order valence-corrected chi connectivity index (χ3v) is 4.35. The first-order valence-corrected chi connectivity index (χ1v) is 8.64. The van der Waals surface area contributed by atoms with Gasteiger partial charge in [0.15, 0.2) is 0 Å². The first-order valence-electron chi connectivity index (χ1n) is 6.72. The lowest BCUT2D eigenvalue weighted by Gasteiger charge is -2.26. The Bertz CT molecular complexity index is 637. The Morgan fingerprint density at radius 3 is 2.62 bits per heavy atom. The van der Waals surface area contributed by atoms with Crippen LogP contribution in [-0.4, -0.2) is 32.4 Å². The number of benzene rings is 1. The number of hydrogen-bond acceptors (Lipinski definition) is 3. The Hall–Kier alpha value is -1.53. The summed E-state index contributed by atoms with van der Waals surface area (Å²) < 4.78 is 25.8. The van der Waals surface area contributed by atoms with Crippen molar-refractivity contribution in [2.24, 2.45) is 0 Å². The fourth-order valence-electron chi connectivity index (χ4n) is 2.10. The summed E-state index contributed by atoms with van der Waals surface area (Å²) in [6.07, 6.45) is 4.29. The van der Waals surface area contributed by atoms with E-state index in [1.165, 1.54) is 11.0 Å². The van der Waals surface area contributed by atoms with E-state index in [0.29, 0.717) is 23.7 Å². The van der Waals surface area contributed by atoms with E-state index in [0.717, 1.165) is 24.7 Å². The molecule has 7 heteroatoms. The molecule has 2 rings (SSSR count). The predicted molar refractivity (Wildman–Crippen MR) is 83.4 cm³/mol. The number of nitrogens with one attached hydrogen (secondary N) is 1. The van der Waals surface area contributed by atoms with Crippen molar-refractivity contribution in [3.8, 4) is 0 Å². The highest BCUT2D eigenvalue weighted by Crippen LogP contribution is 2.13. The molecule has 2 amide bonds. The Morgan fingerprint density at radius 1 is 1.24 bits per heavy atom. The molecule has 1 aromatic rings. The minimum Gasteiger partial charge on any atom is -0.324 e. The second kappa shape index (κ2) is 6.95. The Morgan fingerprint density at radius 2 is 1.95 bits per heavy atom. The van der Waals surface area contributed by atoms with Gasteiger partial charge in [0.1, 0.15) is 0 Å². The highest BCUT2D eigenvalue weighted by atomic mass is 35.5. The maximum Gasteiger partial charge on any atom is 0.331 e. The fourth-order valence-corrected chi connectivity index (χ4v) is 3.07. The van der Waals surface area contributed by atoms with Crippen LogP contribution in [0.5, 0.6) is 0 Å². The zero-order valence-corrected chi connectivity index (χ0v) is 13.0. The molecule has 0 spiro atoms. The highest BCUT2D eigenvalue weighted by Gasteiger charge is 2.19. The summed E-state index contributed by atoms with van der Waals surface area (Å²) in [6.45, 7) is 1.19. The first kappa shape index (κ1) is 15.9. The number of amides is 2. The van der Waals surface area contributed by atoms with Crippen LogP contribution in [0.15, 0.2) is 29.7 Å². The van der Waals surface area contributed by atoms with E-state index >= 15 is 0 Å². The minimum absolute atomic E-state index is 0.520. The quantitative estimate of drug-likeness (QED) is 0.927. The van der Waals surface area contributed by atoms with Crippen LogP contribution in [0.3, 0.4) is 0 Å². The SMILES string of the molecule is O=C(NS(=O)(=O)/C=C/c1cccc(Cl)c1)N1CCCCC1. The summed E-state index contributed by atoms with van der Waals surface area (Å²) in [5.41, 5.74) is 0.651. The number of likely N-dealkylation sites (tertiary alicyclic amines) is 1. The highest BCUT2D eigenvalue weighted by molar-refractivity contribution is 7.93. The maximum absolute atomic E-state index is 11.9. The molecule has 0 bridgehead atoms. The molecular formula is C14H17ClN2O3S. The number of carbonyl (C=O) groups excluding carboxylic acids is 1. The summed E-state index contributed by atoms with van der Waals surface area (Å²) in [5.74, 6) is 0. The van der Waals surface area contributed by atoms with Gasteiger partial charge in [-0.1, -0.05) is 23.7 Å². The zero-order chi connectivity index (χ0) is 15.3. The Balaban J connectivity index is 1.99. The molecule has 1 aliphatic heterocycles. The van der Waals surface area contributed by atoms with Crippen molar-refractivity contribution in [2.45, 2.75) is 19.3 Å². The van der Waals surface area contributed by atoms with E-state index in [1.54, 1.807) is 24.3 Å². The lowest BCUT2D eigenvalue weighted by Crippen LogP contribution is -2.44. The van der Waals surface area contributed by atoms with Gasteiger partial charge in [-0.2, -0.15) is 0 Å². The molecule has 0 unspecified atom stereocenters. The Kier molecular flexibility index (Phi) is 5.25. The Labute approximate surface area is 129 Å². The summed E-state index contributed by atoms with van der Waals surface area (Å²) in [4.78, 5) is 13.4. The van der Waals surface area contributed by atoms with Crippen LogP contribution >= 0.6 is 11.6 Å². The number of hydrogen-bond donors (Lipinski definition) is 1. The molecule has 0 saturated carbocycles. The molecule has 1 N–H and O–H groups in total. The topological polar surface area (TPSA) is 66.5 Å². The number of carbonyl (C=O) groups is 1. The van der Waals surface area contributed by atoms with E-state index in [-0.39, 0.29) is 0 Å². The summed E-state index contributed by atoms with van der Waals surface area (Å²) in [5, 5.41) is 1.49. The summed E-state index contributed by atoms with van der Waals surface area (Å²) in [6, 6.07) is 6.22. The first-order chi connectivity index (χ1) is 9.96. The normalized spacial score (nSPS) is 16.1. The molecule has 0 atom stereocenters. The average Bonchev–Trinajstić information content (AvgIpc) is 2.46. The van der Waals surface area contributed by atoms with Gasteiger partial charge in [0.05, 0.1) is 5.41 Å². The second-order valence-corrected chi connectivity index (χ2v) is 6.86. The molecule has 1 heterocycles. The van der Waals surface area contributed by atoms with Gasteiger partial charge in [-0.15, -0.1) is 0 Å². The van der Waals surface area contributed by atoms with E-state index in [4.69, 9.17) is 11.6 Å². The van der Waals surface area contributed by atoms with Gasteiger partial charge in [-0.05, 0) is 43.0 Å². The standard InChI is InChI=1S/C14H17ClN2O3S/c15-13-6-4-5-12(11-13)7-10-21(19,20)16-14(18)17-8-2-1-3-9-17/h4-7,10-11H,1-3,8-9H2,(H,16,18)/b10-7+. The van der Waals surface area contributed by atoms with E-state index in [9.17, 15) is 13.2 Å². The smallest absolute Gasteiger partial charge is 0.324 e. The van der Waals surface area contributed by atoms with Gasteiger partial charge in [0, 0.05) is 18.1 Å². The second-order valence-electron chi connectivity index (χ2n) is 4.86. The molecular weight excluding hydrogens is 312 g/mol. The largest absolute Gasteiger partial charge is 0.331 e. The third kappa shape index (κ3) is 5.06. The van der Waals surface area contributed by atoms with Crippen molar-refractivity contribution < 1.29 is 13.2 Å². The number of piperidine rings is 1. The zero-order valence-electron chi connectivity index (χ0n) is 11.5. The average molecular weight is 329 g/mol. The van der Waals surface area contributed by atoms with Gasteiger partial charge in [-0.25, -0.2) is 17.9 Å². The number of nitrogens with zero attached hydrogens (tertiary/aromatic N) is 1. The summed E-state index contributed by atoms with van der Waals surface area (Å²) >= 11 is 5.82. The van der Waals surface area contributed by atoms with E-state index < -0.39 is 16.1 Å². The molecule has 0 radical (unpaired) electrons. The van der Waals surface area contributed by atoms with Crippen molar-refractivity contribution in [1.82, 2.24) is 9.62 Å². The molecule has 1 aromatic carbocycles. The van der Waals surface area contributed by atoms with Gasteiger partial charge in [0.25, 0.3) is 10.0 Å². The number of sulfonamides is 1. The third-order valence-electron chi connectivity index (χ3n) is 3.16. The number of urea groups is 1. The van der Waals surface area contributed by atoms with Crippen LogP contribution < -0.4 is 4.72 Å². The van der Waals surface area contributed by atoms with Gasteiger partial charge < -0.3 is 4.90 Å². The van der Waals surface area contributed by atoms with Crippen LogP contribution in [0.4, 0.5) is 4.79 Å². The van der Waals surface area contributed by atoms with Crippen molar-refractivity contribution in [3.63, 3.8) is 0 Å². The fraction of sp³-hybridized carbons (Fsp3) is 0.357. The van der Waals surface area contributed by atoms with Crippen molar-refractivity contribution in [3.05, 3.63) is 40.3 Å². The lowest BCUT2D eigenvalue weighted by molar-refractivity contribution is 0.192. The molecule has 5 nitrogen and oxygen atoms in total. The van der Waals surface area contributed by atoms with Crippen LogP contribution in [0.25, 0.3) is 6.08 Å². The molecule has 1 aliphatic rings. The van der Waals surface area contributed by atoms with Gasteiger partial charge in [-0.3, -0.25) is 0 Å². The number of halogens is 1. The molecule has 0 aromatic heterocycles. The van der Waals surface area contributed by atoms with Crippen molar-refractivity contribution in [2.75, 3.05) is 13.1 Å². The molecule has 21 heavy (non-hydrogen) atoms. The van der Waals surface area contributed by atoms with E-state index in [2.05, 4.69) is 4.72 Å². The summed E-state index contributed by atoms with van der Waals surface area (Å²) in [7, 11) is -3.81. The van der Waals surface area contributed by atoms with Crippen LogP contribution in [0.1, 0.15) is 24.8 Å². The van der Waals surface area contributed by atoms with Crippen molar-refractivity contribution in [1.29, 1.82) is 0 Å².